The molecule has 0 fully saturated rings. The highest BCUT2D eigenvalue weighted by Gasteiger charge is 2.23. The summed E-state index contributed by atoms with van der Waals surface area (Å²) in [7, 11) is 3.94. The maximum atomic E-state index is 8.72. The van der Waals surface area contributed by atoms with Gasteiger partial charge in [0.25, 0.3) is 0 Å². The molecule has 0 aromatic carbocycles. The molecule has 1 heterocycles. The van der Waals surface area contributed by atoms with E-state index in [4.69, 9.17) is 5.11 Å². The van der Waals surface area contributed by atoms with Crippen LogP contribution in [0, 0.1) is 0 Å². The van der Waals surface area contributed by atoms with Crippen LogP contribution in [0.15, 0.2) is 17.4 Å². The van der Waals surface area contributed by atoms with E-state index >= 15 is 0 Å². The summed E-state index contributed by atoms with van der Waals surface area (Å²) in [5, 5.41) is 8.72. The fraction of sp³-hybridized carbons (Fsp3) is 0.500. The molecule has 0 unspecified atom stereocenters. The van der Waals surface area contributed by atoms with E-state index in [1.165, 1.54) is 0 Å². The zero-order chi connectivity index (χ0) is 6.91. The minimum absolute atomic E-state index is 0.0417. The van der Waals surface area contributed by atoms with Crippen LogP contribution in [-0.2, 0) is 0 Å². The second kappa shape index (κ2) is 1.93. The van der Waals surface area contributed by atoms with Crippen LogP contribution in [-0.4, -0.2) is 36.1 Å². The molecule has 1 N–H and O–H groups in total. The Morgan fingerprint density at radius 3 is 2.56 bits per heavy atom. The number of hydrogen-bond acceptors (Lipinski definition) is 2. The maximum absolute atomic E-state index is 8.72. The van der Waals surface area contributed by atoms with Crippen molar-refractivity contribution in [3.8, 4) is 0 Å². The Kier molecular flexibility index (Phi) is 1.38. The summed E-state index contributed by atoms with van der Waals surface area (Å²) in [6, 6.07) is 0. The molecule has 0 bridgehead atoms. The fourth-order valence-corrected chi connectivity index (χ4v) is 0.744. The number of nitrogens with zero attached hydrogens (tertiary/aromatic N) is 2. The zero-order valence-corrected chi connectivity index (χ0v) is 5.70. The minimum Gasteiger partial charge on any atom is -0.384 e. The summed E-state index contributed by atoms with van der Waals surface area (Å²) >= 11 is 0. The van der Waals surface area contributed by atoms with Crippen LogP contribution in [0.1, 0.15) is 0 Å². The summed E-state index contributed by atoms with van der Waals surface area (Å²) < 4.78 is 0.580. The number of aliphatic hydroxyl groups is 1. The molecule has 0 aromatic rings. The predicted molar refractivity (Wildman–Crippen MR) is 35.8 cm³/mol. The van der Waals surface area contributed by atoms with Gasteiger partial charge in [-0.25, -0.2) is 4.99 Å². The van der Waals surface area contributed by atoms with E-state index in [0.29, 0.717) is 4.48 Å². The SMILES string of the molecule is C[N+]1(C)C=CN=C1CO. The van der Waals surface area contributed by atoms with Gasteiger partial charge >= 0.3 is 0 Å². The summed E-state index contributed by atoms with van der Waals surface area (Å²) in [6.07, 6.45) is 3.64. The van der Waals surface area contributed by atoms with Crippen molar-refractivity contribution in [2.75, 3.05) is 20.7 Å². The topological polar surface area (TPSA) is 32.6 Å². The molecule has 3 heteroatoms. The highest BCUT2D eigenvalue weighted by Crippen LogP contribution is 2.08. The van der Waals surface area contributed by atoms with Crippen LogP contribution in [0.2, 0.25) is 0 Å². The number of aliphatic imine (C=N–C) groups is 1. The van der Waals surface area contributed by atoms with Crippen LogP contribution in [0.25, 0.3) is 0 Å². The lowest BCUT2D eigenvalue weighted by molar-refractivity contribution is -0.741. The van der Waals surface area contributed by atoms with Crippen LogP contribution < -0.4 is 0 Å². The van der Waals surface area contributed by atoms with Gasteiger partial charge in [0.2, 0.25) is 5.84 Å². The van der Waals surface area contributed by atoms with Gasteiger partial charge in [-0.05, 0) is 0 Å². The van der Waals surface area contributed by atoms with E-state index in [2.05, 4.69) is 4.99 Å². The van der Waals surface area contributed by atoms with E-state index in [0.717, 1.165) is 5.84 Å². The van der Waals surface area contributed by atoms with Crippen molar-refractivity contribution in [3.63, 3.8) is 0 Å². The third-order valence-corrected chi connectivity index (χ3v) is 1.47. The highest BCUT2D eigenvalue weighted by atomic mass is 16.3. The summed E-state index contributed by atoms with van der Waals surface area (Å²) in [5.74, 6) is 0.787. The first-order valence-electron chi connectivity index (χ1n) is 2.86. The molecule has 1 rings (SSSR count). The summed E-state index contributed by atoms with van der Waals surface area (Å²) in [6.45, 7) is 0.0417. The molecule has 0 spiro atoms. The van der Waals surface area contributed by atoms with Crippen LogP contribution in [0.5, 0.6) is 0 Å². The molecule has 0 amide bonds. The van der Waals surface area contributed by atoms with Gasteiger partial charge in [0.05, 0.1) is 20.3 Å². The molecule has 0 atom stereocenters. The maximum Gasteiger partial charge on any atom is 0.233 e. The third kappa shape index (κ3) is 1.01. The largest absolute Gasteiger partial charge is 0.384 e. The van der Waals surface area contributed by atoms with E-state index in [1.807, 2.05) is 20.3 Å². The molecule has 0 saturated heterocycles. The molecule has 1 aliphatic heterocycles. The first kappa shape index (κ1) is 6.45. The molecule has 50 valence electrons. The smallest absolute Gasteiger partial charge is 0.233 e. The Labute approximate surface area is 54.5 Å². The third-order valence-electron chi connectivity index (χ3n) is 1.47. The standard InChI is InChI=1S/C6H11N2O/c1-8(2)4-3-7-6(8)5-9/h3-4,9H,5H2,1-2H3/q+1. The van der Waals surface area contributed by atoms with E-state index in [-0.39, 0.29) is 6.61 Å². The Balaban J connectivity index is 2.78. The monoisotopic (exact) mass is 127 g/mol. The Bertz CT molecular complexity index is 170. The van der Waals surface area contributed by atoms with Gasteiger partial charge in [-0.3, -0.25) is 4.48 Å². The van der Waals surface area contributed by atoms with E-state index < -0.39 is 0 Å². The van der Waals surface area contributed by atoms with Crippen LogP contribution in [0.4, 0.5) is 0 Å². The van der Waals surface area contributed by atoms with Crippen molar-refractivity contribution in [1.82, 2.24) is 0 Å². The van der Waals surface area contributed by atoms with Crippen molar-refractivity contribution < 1.29 is 9.59 Å². The average molecular weight is 127 g/mol. The number of rotatable bonds is 1. The van der Waals surface area contributed by atoms with Crippen molar-refractivity contribution in [2.24, 2.45) is 4.99 Å². The lowest BCUT2D eigenvalue weighted by Crippen LogP contribution is -2.39. The van der Waals surface area contributed by atoms with Gasteiger partial charge in [-0.15, -0.1) is 0 Å². The summed E-state index contributed by atoms with van der Waals surface area (Å²) in [4.78, 5) is 3.97. The lowest BCUT2D eigenvalue weighted by Gasteiger charge is -2.19. The van der Waals surface area contributed by atoms with Crippen molar-refractivity contribution in [1.29, 1.82) is 0 Å². The Morgan fingerprint density at radius 1 is 1.67 bits per heavy atom. The summed E-state index contributed by atoms with van der Waals surface area (Å²) in [5.41, 5.74) is 0. The van der Waals surface area contributed by atoms with Crippen molar-refractivity contribution >= 4 is 5.84 Å². The van der Waals surface area contributed by atoms with E-state index in [1.54, 1.807) is 6.20 Å². The van der Waals surface area contributed by atoms with Gasteiger partial charge < -0.3 is 5.11 Å². The van der Waals surface area contributed by atoms with Crippen LogP contribution in [0.3, 0.4) is 0 Å². The number of hydrogen-bond donors (Lipinski definition) is 1. The van der Waals surface area contributed by atoms with Gasteiger partial charge in [-0.2, -0.15) is 0 Å². The van der Waals surface area contributed by atoms with Gasteiger partial charge in [0.15, 0.2) is 0 Å². The normalized spacial score (nSPS) is 22.3. The lowest BCUT2D eigenvalue weighted by atomic mass is 10.5. The van der Waals surface area contributed by atoms with Gasteiger partial charge in [0.1, 0.15) is 12.8 Å². The Morgan fingerprint density at radius 2 is 2.33 bits per heavy atom. The van der Waals surface area contributed by atoms with Gasteiger partial charge in [0, 0.05) is 0 Å². The Hall–Kier alpha value is -0.670. The molecular formula is C6H11N2O+. The average Bonchev–Trinajstić information content (AvgIpc) is 2.08. The zero-order valence-electron chi connectivity index (χ0n) is 5.70. The molecule has 9 heavy (non-hydrogen) atoms. The number of aliphatic hydroxyl groups excluding tert-OH is 1. The molecule has 0 aromatic heterocycles. The van der Waals surface area contributed by atoms with E-state index in [9.17, 15) is 0 Å². The second-order valence-corrected chi connectivity index (χ2v) is 2.54. The van der Waals surface area contributed by atoms with Crippen LogP contribution >= 0.6 is 0 Å². The molecule has 3 nitrogen and oxygen atoms in total. The second-order valence-electron chi connectivity index (χ2n) is 2.54. The molecule has 0 radical (unpaired) electrons. The number of likely N-dealkylation sites (N-methyl/N-ethyl adjacent to an activating group) is 1. The quantitative estimate of drug-likeness (QED) is 0.492. The minimum atomic E-state index is 0.0417. The first-order chi connectivity index (χ1) is 4.17. The van der Waals surface area contributed by atoms with Crippen molar-refractivity contribution in [2.45, 2.75) is 0 Å². The van der Waals surface area contributed by atoms with Crippen molar-refractivity contribution in [3.05, 3.63) is 12.4 Å². The fourth-order valence-electron chi connectivity index (χ4n) is 0.744. The first-order valence-corrected chi connectivity index (χ1v) is 2.86. The molecular weight excluding hydrogens is 116 g/mol. The number of amidine groups is 1. The molecule has 0 saturated carbocycles. The highest BCUT2D eigenvalue weighted by molar-refractivity contribution is 5.78. The van der Waals surface area contributed by atoms with Gasteiger partial charge in [-0.1, -0.05) is 0 Å². The number of quaternary nitrogens is 1. The molecule has 1 aliphatic rings. The molecule has 0 aliphatic carbocycles. The predicted octanol–water partition coefficient (Wildman–Crippen LogP) is -0.0616.